The Kier molecular flexibility index (Phi) is 5.16. The third-order valence-corrected chi connectivity index (χ3v) is 4.47. The van der Waals surface area contributed by atoms with Gasteiger partial charge in [0.25, 0.3) is 0 Å². The van der Waals surface area contributed by atoms with E-state index in [0.29, 0.717) is 0 Å². The second-order valence-electron chi connectivity index (χ2n) is 6.13. The summed E-state index contributed by atoms with van der Waals surface area (Å²) in [5.74, 6) is 0.593. The summed E-state index contributed by atoms with van der Waals surface area (Å²) >= 11 is 0. The van der Waals surface area contributed by atoms with Gasteiger partial charge < -0.3 is 4.90 Å². The lowest BCUT2D eigenvalue weighted by Crippen LogP contribution is -2.37. The molecule has 0 unspecified atom stereocenters. The minimum atomic E-state index is -0.152. The van der Waals surface area contributed by atoms with E-state index < -0.39 is 0 Å². The fourth-order valence-electron chi connectivity index (χ4n) is 3.20. The predicted octanol–water partition coefficient (Wildman–Crippen LogP) is 2.76. The lowest BCUT2D eigenvalue weighted by atomic mass is 9.91. The van der Waals surface area contributed by atoms with Gasteiger partial charge in [-0.15, -0.1) is 0 Å². The summed E-state index contributed by atoms with van der Waals surface area (Å²) in [5.41, 5.74) is 1.24. The Bertz CT molecular complexity index is 553. The number of aryl methyl sites for hydroxylation is 1. The Balaban J connectivity index is 1.43. The lowest BCUT2D eigenvalue weighted by molar-refractivity contribution is 0.162. The number of nitrogens with zero attached hydrogens (tertiary/aromatic N) is 4. The van der Waals surface area contributed by atoms with Gasteiger partial charge in [-0.1, -0.05) is 12.1 Å². The van der Waals surface area contributed by atoms with E-state index in [0.717, 1.165) is 32.0 Å². The highest BCUT2D eigenvalue weighted by molar-refractivity contribution is 5.16. The molecule has 0 bridgehead atoms. The van der Waals surface area contributed by atoms with Gasteiger partial charge in [-0.3, -0.25) is 4.68 Å². The van der Waals surface area contributed by atoms with Crippen molar-refractivity contribution in [2.75, 3.05) is 19.6 Å². The summed E-state index contributed by atoms with van der Waals surface area (Å²) in [4.78, 5) is 6.50. The second-order valence-corrected chi connectivity index (χ2v) is 6.13. The number of likely N-dealkylation sites (tertiary alicyclic amines) is 1. The number of piperidine rings is 1. The highest BCUT2D eigenvalue weighted by atomic mass is 19.1. The molecule has 0 spiro atoms. The van der Waals surface area contributed by atoms with Gasteiger partial charge in [-0.2, -0.15) is 5.10 Å². The maximum Gasteiger partial charge on any atom is 0.137 e. The number of hydrogen-bond acceptors (Lipinski definition) is 3. The summed E-state index contributed by atoms with van der Waals surface area (Å²) in [6, 6.07) is 6.92. The van der Waals surface area contributed by atoms with Gasteiger partial charge in [-0.25, -0.2) is 9.37 Å². The van der Waals surface area contributed by atoms with Crippen molar-refractivity contribution in [3.8, 4) is 0 Å². The molecule has 4 nitrogen and oxygen atoms in total. The molecule has 0 N–H and O–H groups in total. The van der Waals surface area contributed by atoms with Gasteiger partial charge in [-0.05, 0) is 55.8 Å². The van der Waals surface area contributed by atoms with Crippen molar-refractivity contribution in [3.63, 3.8) is 0 Å². The molecular formula is C17H23FN4. The number of halogens is 1. The molecule has 1 saturated heterocycles. The normalized spacial score (nSPS) is 19.4. The molecule has 1 aromatic carbocycles. The quantitative estimate of drug-likeness (QED) is 0.823. The van der Waals surface area contributed by atoms with Crippen molar-refractivity contribution in [2.24, 2.45) is 5.92 Å². The molecule has 0 radical (unpaired) electrons. The maximum absolute atomic E-state index is 12.9. The van der Waals surface area contributed by atoms with Crippen molar-refractivity contribution in [1.82, 2.24) is 19.7 Å². The molecule has 1 atom stereocenters. The second kappa shape index (κ2) is 7.49. The van der Waals surface area contributed by atoms with E-state index in [9.17, 15) is 4.39 Å². The van der Waals surface area contributed by atoms with E-state index in [-0.39, 0.29) is 5.82 Å². The summed E-state index contributed by atoms with van der Waals surface area (Å²) in [5, 5.41) is 4.15. The van der Waals surface area contributed by atoms with Crippen LogP contribution in [0.15, 0.2) is 36.9 Å². The van der Waals surface area contributed by atoms with Crippen LogP contribution in [0.1, 0.15) is 24.8 Å². The van der Waals surface area contributed by atoms with Crippen LogP contribution >= 0.6 is 0 Å². The molecule has 2 aromatic rings. The average Bonchev–Trinajstić information content (AvgIpc) is 3.06. The third-order valence-electron chi connectivity index (χ3n) is 4.47. The summed E-state index contributed by atoms with van der Waals surface area (Å²) in [7, 11) is 0. The van der Waals surface area contributed by atoms with Gasteiger partial charge in [0.2, 0.25) is 0 Å². The van der Waals surface area contributed by atoms with Crippen LogP contribution < -0.4 is 0 Å². The van der Waals surface area contributed by atoms with Gasteiger partial charge >= 0.3 is 0 Å². The van der Waals surface area contributed by atoms with E-state index in [4.69, 9.17) is 0 Å². The van der Waals surface area contributed by atoms with Crippen molar-refractivity contribution >= 4 is 0 Å². The zero-order valence-electron chi connectivity index (χ0n) is 12.9. The Morgan fingerprint density at radius 2 is 2.05 bits per heavy atom. The molecule has 2 heterocycles. The first-order valence-electron chi connectivity index (χ1n) is 8.09. The topological polar surface area (TPSA) is 34.0 Å². The minimum Gasteiger partial charge on any atom is -0.301 e. The molecule has 5 heteroatoms. The fraction of sp³-hybridized carbons (Fsp3) is 0.529. The van der Waals surface area contributed by atoms with Crippen LogP contribution in [0.25, 0.3) is 0 Å². The average molecular weight is 302 g/mol. The maximum atomic E-state index is 12.9. The SMILES string of the molecule is Fc1ccc(CC[C@H]2CCCN(CCn3cncn3)C2)cc1. The lowest BCUT2D eigenvalue weighted by Gasteiger charge is -2.32. The Morgan fingerprint density at radius 1 is 1.18 bits per heavy atom. The van der Waals surface area contributed by atoms with Crippen LogP contribution in [0.5, 0.6) is 0 Å². The zero-order valence-corrected chi connectivity index (χ0v) is 12.9. The molecule has 118 valence electrons. The number of hydrogen-bond donors (Lipinski definition) is 0. The van der Waals surface area contributed by atoms with Gasteiger partial charge in [0.1, 0.15) is 18.5 Å². The minimum absolute atomic E-state index is 0.152. The van der Waals surface area contributed by atoms with E-state index in [1.807, 2.05) is 16.8 Å². The Morgan fingerprint density at radius 3 is 2.82 bits per heavy atom. The molecule has 0 aliphatic carbocycles. The van der Waals surface area contributed by atoms with E-state index in [1.165, 1.54) is 31.4 Å². The van der Waals surface area contributed by atoms with Crippen LogP contribution in [0.3, 0.4) is 0 Å². The molecule has 3 rings (SSSR count). The van der Waals surface area contributed by atoms with Crippen molar-refractivity contribution in [3.05, 3.63) is 48.3 Å². The number of benzene rings is 1. The molecule has 1 aromatic heterocycles. The molecule has 1 aliphatic heterocycles. The van der Waals surface area contributed by atoms with Gasteiger partial charge in [0, 0.05) is 13.1 Å². The number of aromatic nitrogens is 3. The Hall–Kier alpha value is -1.75. The van der Waals surface area contributed by atoms with Crippen molar-refractivity contribution < 1.29 is 4.39 Å². The van der Waals surface area contributed by atoms with Gasteiger partial charge in [0.15, 0.2) is 0 Å². The van der Waals surface area contributed by atoms with Gasteiger partial charge in [0.05, 0.1) is 6.54 Å². The smallest absolute Gasteiger partial charge is 0.137 e. The van der Waals surface area contributed by atoms with Crippen LogP contribution in [-0.4, -0.2) is 39.3 Å². The molecule has 1 fully saturated rings. The number of rotatable bonds is 6. The summed E-state index contributed by atoms with van der Waals surface area (Å²) < 4.78 is 14.8. The Labute approximate surface area is 131 Å². The first-order valence-corrected chi connectivity index (χ1v) is 8.09. The van der Waals surface area contributed by atoms with Crippen molar-refractivity contribution in [1.29, 1.82) is 0 Å². The van der Waals surface area contributed by atoms with Crippen LogP contribution in [-0.2, 0) is 13.0 Å². The highest BCUT2D eigenvalue weighted by Gasteiger charge is 2.19. The molecular weight excluding hydrogens is 279 g/mol. The summed E-state index contributed by atoms with van der Waals surface area (Å²) in [6.45, 7) is 4.29. The zero-order chi connectivity index (χ0) is 15.2. The highest BCUT2D eigenvalue weighted by Crippen LogP contribution is 2.21. The predicted molar refractivity (Wildman–Crippen MR) is 83.9 cm³/mol. The van der Waals surface area contributed by atoms with E-state index in [1.54, 1.807) is 24.8 Å². The third kappa shape index (κ3) is 4.37. The van der Waals surface area contributed by atoms with Crippen LogP contribution in [0, 0.1) is 11.7 Å². The molecule has 0 amide bonds. The van der Waals surface area contributed by atoms with Crippen LogP contribution in [0.4, 0.5) is 4.39 Å². The van der Waals surface area contributed by atoms with E-state index in [2.05, 4.69) is 15.0 Å². The molecule has 1 aliphatic rings. The van der Waals surface area contributed by atoms with E-state index >= 15 is 0 Å². The monoisotopic (exact) mass is 302 g/mol. The van der Waals surface area contributed by atoms with Crippen LogP contribution in [0.2, 0.25) is 0 Å². The van der Waals surface area contributed by atoms with Crippen molar-refractivity contribution in [2.45, 2.75) is 32.2 Å². The first-order chi connectivity index (χ1) is 10.8. The molecule has 22 heavy (non-hydrogen) atoms. The largest absolute Gasteiger partial charge is 0.301 e. The molecule has 0 saturated carbocycles. The summed E-state index contributed by atoms with van der Waals surface area (Å²) in [6.07, 6.45) is 8.16. The first kappa shape index (κ1) is 15.2. The fourth-order valence-corrected chi connectivity index (χ4v) is 3.20. The standard InChI is InChI=1S/C17H23FN4/c18-17-7-5-15(6-8-17)3-4-16-2-1-9-21(12-16)10-11-22-14-19-13-20-22/h5-8,13-14,16H,1-4,9-12H2/t16-/m1/s1.